The average molecular weight is 261 g/mol. The number of hydrogen-bond acceptors (Lipinski definition) is 4. The van der Waals surface area contributed by atoms with Gasteiger partial charge in [0, 0.05) is 20.6 Å². The largest absolute Gasteiger partial charge is 0.384 e. The topological polar surface area (TPSA) is 39.6 Å². The van der Waals surface area contributed by atoms with E-state index in [9.17, 15) is 5.11 Å². The molecule has 0 aliphatic carbocycles. The van der Waals surface area contributed by atoms with E-state index in [1.807, 2.05) is 44.2 Å². The van der Waals surface area contributed by atoms with E-state index in [0.717, 1.165) is 24.5 Å². The predicted octanol–water partition coefficient (Wildman–Crippen LogP) is 2.31. The van der Waals surface area contributed by atoms with Gasteiger partial charge in [0.25, 0.3) is 0 Å². The van der Waals surface area contributed by atoms with E-state index >= 15 is 0 Å². The standard InChI is InChI=1S/C15H23N3O/c1-12-8-10-15(2,19)13-6-5-7-14(16-13)18(4)17(3)11-9-12/h5-7,9,19H,8,10-11H2,1-4H3/b12-9-. The first kappa shape index (κ1) is 14.0. The lowest BCUT2D eigenvalue weighted by atomic mass is 9.93. The molecule has 2 rings (SSSR count). The molecule has 2 bridgehead atoms. The third-order valence-corrected chi connectivity index (χ3v) is 3.84. The Morgan fingerprint density at radius 3 is 2.79 bits per heavy atom. The van der Waals surface area contributed by atoms with Crippen molar-refractivity contribution in [2.75, 3.05) is 25.6 Å². The number of aromatic nitrogens is 1. The molecular formula is C15H23N3O. The SMILES string of the molecule is C/C1=C/CN(C)N(C)c2cccc(n2)C(C)(O)CC1. The van der Waals surface area contributed by atoms with Crippen molar-refractivity contribution in [2.45, 2.75) is 32.3 Å². The molecular weight excluding hydrogens is 238 g/mol. The molecule has 0 fully saturated rings. The van der Waals surface area contributed by atoms with Crippen LogP contribution in [0, 0.1) is 0 Å². The van der Waals surface area contributed by atoms with E-state index in [2.05, 4.69) is 23.0 Å². The Morgan fingerprint density at radius 1 is 1.32 bits per heavy atom. The molecule has 19 heavy (non-hydrogen) atoms. The van der Waals surface area contributed by atoms with Gasteiger partial charge in [-0.25, -0.2) is 9.99 Å². The summed E-state index contributed by atoms with van der Waals surface area (Å²) in [5.74, 6) is 0.855. The van der Waals surface area contributed by atoms with Crippen LogP contribution in [0.25, 0.3) is 0 Å². The predicted molar refractivity (Wildman–Crippen MR) is 77.8 cm³/mol. The van der Waals surface area contributed by atoms with Crippen LogP contribution in [0.5, 0.6) is 0 Å². The Bertz CT molecular complexity index is 482. The fourth-order valence-corrected chi connectivity index (χ4v) is 2.16. The Kier molecular flexibility index (Phi) is 3.92. The lowest BCUT2D eigenvalue weighted by Crippen LogP contribution is -2.37. The maximum Gasteiger partial charge on any atom is 0.143 e. The molecule has 0 saturated heterocycles. The molecule has 0 aromatic carbocycles. The maximum atomic E-state index is 10.6. The molecule has 1 aliphatic rings. The zero-order valence-corrected chi connectivity index (χ0v) is 12.2. The van der Waals surface area contributed by atoms with E-state index in [0.29, 0.717) is 6.42 Å². The molecule has 0 saturated carbocycles. The van der Waals surface area contributed by atoms with Gasteiger partial charge in [-0.3, -0.25) is 5.01 Å². The maximum absolute atomic E-state index is 10.6. The van der Waals surface area contributed by atoms with Crippen molar-refractivity contribution in [1.82, 2.24) is 9.99 Å². The highest BCUT2D eigenvalue weighted by Gasteiger charge is 2.25. The van der Waals surface area contributed by atoms with E-state index < -0.39 is 5.60 Å². The van der Waals surface area contributed by atoms with Gasteiger partial charge in [-0.2, -0.15) is 0 Å². The molecule has 1 aromatic rings. The van der Waals surface area contributed by atoms with E-state index in [1.165, 1.54) is 5.57 Å². The van der Waals surface area contributed by atoms with Crippen LogP contribution in [-0.2, 0) is 5.60 Å². The second kappa shape index (κ2) is 5.31. The molecule has 1 atom stereocenters. The summed E-state index contributed by atoms with van der Waals surface area (Å²) in [5, 5.41) is 14.7. The Hall–Kier alpha value is -1.39. The first-order valence-electron chi connectivity index (χ1n) is 6.70. The number of nitrogens with zero attached hydrogens (tertiary/aromatic N) is 3. The zero-order valence-electron chi connectivity index (χ0n) is 12.2. The van der Waals surface area contributed by atoms with Gasteiger partial charge in [-0.15, -0.1) is 0 Å². The van der Waals surface area contributed by atoms with E-state index in [-0.39, 0.29) is 0 Å². The molecule has 0 radical (unpaired) electrons. The van der Waals surface area contributed by atoms with Crippen LogP contribution < -0.4 is 5.01 Å². The van der Waals surface area contributed by atoms with E-state index in [4.69, 9.17) is 0 Å². The summed E-state index contributed by atoms with van der Waals surface area (Å²) >= 11 is 0. The summed E-state index contributed by atoms with van der Waals surface area (Å²) in [6.45, 7) is 4.80. The van der Waals surface area contributed by atoms with Crippen LogP contribution in [0.15, 0.2) is 29.8 Å². The lowest BCUT2D eigenvalue weighted by Gasteiger charge is -2.29. The fraction of sp³-hybridized carbons (Fsp3) is 0.533. The van der Waals surface area contributed by atoms with Crippen molar-refractivity contribution in [2.24, 2.45) is 0 Å². The van der Waals surface area contributed by atoms with Gasteiger partial charge in [0.1, 0.15) is 11.4 Å². The summed E-state index contributed by atoms with van der Waals surface area (Å²) < 4.78 is 0. The number of fused-ring (bicyclic) bond motifs is 2. The van der Waals surface area contributed by atoms with Gasteiger partial charge in [0.15, 0.2) is 0 Å². The number of anilines is 1. The van der Waals surface area contributed by atoms with Crippen molar-refractivity contribution in [3.63, 3.8) is 0 Å². The minimum atomic E-state index is -0.880. The normalized spacial score (nSPS) is 28.5. The van der Waals surface area contributed by atoms with Gasteiger partial charge < -0.3 is 5.11 Å². The highest BCUT2D eigenvalue weighted by atomic mass is 16.3. The number of hydrazine groups is 1. The second-order valence-corrected chi connectivity index (χ2v) is 5.57. The van der Waals surface area contributed by atoms with Crippen molar-refractivity contribution < 1.29 is 5.11 Å². The minimum absolute atomic E-state index is 0.694. The summed E-state index contributed by atoms with van der Waals surface area (Å²) in [6, 6.07) is 5.81. The third-order valence-electron chi connectivity index (χ3n) is 3.84. The van der Waals surface area contributed by atoms with Gasteiger partial charge in [-0.1, -0.05) is 17.7 Å². The molecule has 1 unspecified atom stereocenters. The van der Waals surface area contributed by atoms with Gasteiger partial charge >= 0.3 is 0 Å². The molecule has 1 aromatic heterocycles. The first-order chi connectivity index (χ1) is 8.90. The summed E-state index contributed by atoms with van der Waals surface area (Å²) in [6.07, 6.45) is 3.79. The monoisotopic (exact) mass is 261 g/mol. The smallest absolute Gasteiger partial charge is 0.143 e. The number of pyridine rings is 1. The van der Waals surface area contributed by atoms with Gasteiger partial charge in [-0.05, 0) is 38.8 Å². The molecule has 4 heteroatoms. The second-order valence-electron chi connectivity index (χ2n) is 5.57. The first-order valence-corrected chi connectivity index (χ1v) is 6.70. The molecule has 0 amide bonds. The Balaban J connectivity index is 2.43. The van der Waals surface area contributed by atoms with Crippen LogP contribution in [0.2, 0.25) is 0 Å². The van der Waals surface area contributed by atoms with Crippen molar-refractivity contribution in [3.05, 3.63) is 35.5 Å². The zero-order chi connectivity index (χ0) is 14.0. The summed E-state index contributed by atoms with van der Waals surface area (Å²) in [7, 11) is 4.02. The van der Waals surface area contributed by atoms with Crippen molar-refractivity contribution >= 4 is 5.82 Å². The number of likely N-dealkylation sites (N-methyl/N-ethyl adjacent to an activating group) is 1. The Morgan fingerprint density at radius 2 is 2.05 bits per heavy atom. The van der Waals surface area contributed by atoms with Crippen LogP contribution in [0.1, 0.15) is 32.4 Å². The molecule has 4 nitrogen and oxygen atoms in total. The van der Waals surface area contributed by atoms with Crippen LogP contribution in [0.4, 0.5) is 5.82 Å². The van der Waals surface area contributed by atoms with Crippen LogP contribution >= 0.6 is 0 Å². The highest BCUT2D eigenvalue weighted by molar-refractivity contribution is 5.38. The average Bonchev–Trinajstić information content (AvgIpc) is 2.41. The number of hydrogen-bond donors (Lipinski definition) is 1. The number of rotatable bonds is 0. The van der Waals surface area contributed by atoms with Gasteiger partial charge in [0.2, 0.25) is 0 Å². The summed E-state index contributed by atoms with van der Waals surface area (Å²) in [5.41, 5.74) is 1.16. The molecule has 0 spiro atoms. The number of aliphatic hydroxyl groups is 1. The molecule has 2 heterocycles. The quantitative estimate of drug-likeness (QED) is 0.728. The fourth-order valence-electron chi connectivity index (χ4n) is 2.16. The number of allylic oxidation sites excluding steroid dienone is 1. The van der Waals surface area contributed by atoms with Crippen LogP contribution in [0.3, 0.4) is 0 Å². The molecule has 1 N–H and O–H groups in total. The van der Waals surface area contributed by atoms with Crippen LogP contribution in [-0.4, -0.2) is 35.7 Å². The Labute approximate surface area is 115 Å². The lowest BCUT2D eigenvalue weighted by molar-refractivity contribution is 0.0436. The van der Waals surface area contributed by atoms with Crippen molar-refractivity contribution in [3.8, 4) is 0 Å². The third kappa shape index (κ3) is 3.14. The minimum Gasteiger partial charge on any atom is -0.384 e. The van der Waals surface area contributed by atoms with E-state index in [1.54, 1.807) is 0 Å². The molecule has 1 aliphatic heterocycles. The highest BCUT2D eigenvalue weighted by Crippen LogP contribution is 2.28. The van der Waals surface area contributed by atoms with Gasteiger partial charge in [0.05, 0.1) is 5.69 Å². The van der Waals surface area contributed by atoms with Crippen molar-refractivity contribution in [1.29, 1.82) is 0 Å². The molecule has 104 valence electrons. The summed E-state index contributed by atoms with van der Waals surface area (Å²) in [4.78, 5) is 4.60.